The molecule has 1 aliphatic heterocycles. The zero-order valence-electron chi connectivity index (χ0n) is 15.1. The second-order valence-electron chi connectivity index (χ2n) is 6.35. The summed E-state index contributed by atoms with van der Waals surface area (Å²) in [6, 6.07) is 11.4. The molecule has 2 aromatic carbocycles. The number of benzene rings is 2. The van der Waals surface area contributed by atoms with E-state index in [1.807, 2.05) is 19.1 Å². The van der Waals surface area contributed by atoms with Crippen LogP contribution in [0.3, 0.4) is 0 Å². The van der Waals surface area contributed by atoms with Crippen molar-refractivity contribution in [3.63, 3.8) is 0 Å². The lowest BCUT2D eigenvalue weighted by Crippen LogP contribution is -2.58. The molecule has 0 unspecified atom stereocenters. The molecule has 3 rings (SSSR count). The van der Waals surface area contributed by atoms with Gasteiger partial charge in [-0.15, -0.1) is 0 Å². The third kappa shape index (κ3) is 3.81. The monoisotopic (exact) mass is 394 g/mol. The number of carbonyl (C=O) groups excluding carboxylic acids is 3. The first kappa shape index (κ1) is 19.4. The first-order valence-corrected chi connectivity index (χ1v) is 8.80. The van der Waals surface area contributed by atoms with Gasteiger partial charge < -0.3 is 15.2 Å². The van der Waals surface area contributed by atoms with Crippen LogP contribution < -0.4 is 15.3 Å². The molecule has 1 aliphatic rings. The van der Waals surface area contributed by atoms with Crippen molar-refractivity contribution >= 4 is 52.7 Å². The van der Waals surface area contributed by atoms with Crippen molar-refractivity contribution in [1.29, 1.82) is 0 Å². The van der Waals surface area contributed by atoms with Crippen LogP contribution in [0.1, 0.15) is 21.5 Å². The first-order valence-electron chi connectivity index (χ1n) is 8.39. The van der Waals surface area contributed by atoms with Gasteiger partial charge in [-0.1, -0.05) is 23.8 Å². The van der Waals surface area contributed by atoms with Gasteiger partial charge in [-0.05, 0) is 61.5 Å². The van der Waals surface area contributed by atoms with E-state index in [9.17, 15) is 19.5 Å². The maximum atomic E-state index is 12.9. The molecule has 1 atom stereocenters. The number of carboxylic acid groups (broad SMARTS) is 1. The number of hydrogen-bond acceptors (Lipinski definition) is 6. The van der Waals surface area contributed by atoms with E-state index >= 15 is 0 Å². The van der Waals surface area contributed by atoms with Crippen LogP contribution in [-0.4, -0.2) is 29.1 Å². The molecule has 1 N–H and O–H groups in total. The van der Waals surface area contributed by atoms with Gasteiger partial charge in [0.2, 0.25) is 5.91 Å². The van der Waals surface area contributed by atoms with Crippen molar-refractivity contribution in [1.82, 2.24) is 5.32 Å². The Hall–Kier alpha value is -3.39. The Bertz CT molecular complexity index is 1010. The van der Waals surface area contributed by atoms with E-state index in [0.29, 0.717) is 16.9 Å². The average molecular weight is 394 g/mol. The molecule has 2 aromatic rings. The molecule has 0 spiro atoms. The minimum absolute atomic E-state index is 0.0120. The second kappa shape index (κ2) is 7.69. The zero-order valence-corrected chi connectivity index (χ0v) is 15.9. The number of anilines is 1. The Kier molecular flexibility index (Phi) is 5.32. The van der Waals surface area contributed by atoms with Gasteiger partial charge in [0, 0.05) is 6.21 Å². The van der Waals surface area contributed by atoms with Crippen molar-refractivity contribution in [3.05, 3.63) is 59.2 Å². The molecule has 0 aliphatic carbocycles. The predicted octanol–water partition coefficient (Wildman–Crippen LogP) is 1.43. The highest BCUT2D eigenvalue weighted by molar-refractivity contribution is 7.80. The Morgan fingerprint density at radius 3 is 2.46 bits per heavy atom. The SMILES string of the molecule is Cc1ccc(N2C(=O)[C@H](C=Nc3ccc(C(=O)[O-])cc3C)C(=O)NC2=S)cc1. The zero-order chi connectivity index (χ0) is 20.4. The third-order valence-corrected chi connectivity index (χ3v) is 4.57. The quantitative estimate of drug-likeness (QED) is 0.480. The van der Waals surface area contributed by atoms with Crippen LogP contribution in [0, 0.1) is 19.8 Å². The van der Waals surface area contributed by atoms with Gasteiger partial charge >= 0.3 is 0 Å². The summed E-state index contributed by atoms with van der Waals surface area (Å²) in [5.74, 6) is -3.52. The highest BCUT2D eigenvalue weighted by Gasteiger charge is 2.38. The van der Waals surface area contributed by atoms with Gasteiger partial charge in [0.15, 0.2) is 11.0 Å². The van der Waals surface area contributed by atoms with Crippen LogP contribution in [0.4, 0.5) is 11.4 Å². The molecule has 8 heteroatoms. The smallest absolute Gasteiger partial charge is 0.251 e. The van der Waals surface area contributed by atoms with E-state index in [4.69, 9.17) is 12.2 Å². The largest absolute Gasteiger partial charge is 0.545 e. The van der Waals surface area contributed by atoms with Crippen molar-refractivity contribution in [2.24, 2.45) is 10.9 Å². The Balaban J connectivity index is 1.88. The van der Waals surface area contributed by atoms with Crippen LogP contribution in [0.15, 0.2) is 47.5 Å². The minimum Gasteiger partial charge on any atom is -0.545 e. The van der Waals surface area contributed by atoms with E-state index in [-0.39, 0.29) is 10.7 Å². The van der Waals surface area contributed by atoms with Gasteiger partial charge in [-0.3, -0.25) is 19.5 Å². The van der Waals surface area contributed by atoms with Crippen LogP contribution in [0.25, 0.3) is 0 Å². The van der Waals surface area contributed by atoms with E-state index < -0.39 is 23.7 Å². The molecule has 0 bridgehead atoms. The van der Waals surface area contributed by atoms with Crippen LogP contribution in [-0.2, 0) is 9.59 Å². The maximum absolute atomic E-state index is 12.9. The van der Waals surface area contributed by atoms with Crippen LogP contribution in [0.5, 0.6) is 0 Å². The molecule has 0 aromatic heterocycles. The van der Waals surface area contributed by atoms with Gasteiger partial charge in [0.05, 0.1) is 17.3 Å². The normalized spacial score (nSPS) is 17.1. The van der Waals surface area contributed by atoms with Crippen LogP contribution in [0.2, 0.25) is 0 Å². The number of aryl methyl sites for hydroxylation is 2. The number of carbonyl (C=O) groups is 3. The summed E-state index contributed by atoms with van der Waals surface area (Å²) < 4.78 is 0. The van der Waals surface area contributed by atoms with E-state index in [1.54, 1.807) is 19.1 Å². The number of amides is 2. The number of aliphatic imine (C=N–C) groups is 1. The third-order valence-electron chi connectivity index (χ3n) is 4.29. The van der Waals surface area contributed by atoms with Gasteiger partial charge in [-0.25, -0.2) is 0 Å². The van der Waals surface area contributed by atoms with E-state index in [1.165, 1.54) is 29.3 Å². The summed E-state index contributed by atoms with van der Waals surface area (Å²) in [5.41, 5.74) is 2.62. The van der Waals surface area contributed by atoms with Crippen molar-refractivity contribution < 1.29 is 19.5 Å². The fraction of sp³-hybridized carbons (Fsp3) is 0.150. The lowest BCUT2D eigenvalue weighted by molar-refractivity contribution is -0.255. The average Bonchev–Trinajstić information content (AvgIpc) is 2.63. The lowest BCUT2D eigenvalue weighted by Gasteiger charge is -2.31. The molecule has 1 saturated heterocycles. The van der Waals surface area contributed by atoms with Crippen molar-refractivity contribution in [3.8, 4) is 0 Å². The molecule has 28 heavy (non-hydrogen) atoms. The molecule has 142 valence electrons. The Labute approximate surface area is 166 Å². The number of rotatable bonds is 4. The molecule has 0 saturated carbocycles. The summed E-state index contributed by atoms with van der Waals surface area (Å²) in [4.78, 5) is 41.5. The molecule has 1 heterocycles. The number of aromatic carboxylic acids is 1. The van der Waals surface area contributed by atoms with Gasteiger partial charge in [-0.2, -0.15) is 0 Å². The standard InChI is InChI=1S/C20H17N3O4S/c1-11-3-6-14(7-4-11)23-18(25)15(17(24)22-20(23)28)10-21-16-8-5-13(19(26)27)9-12(16)2/h3-10,15H,1-2H3,(H,26,27)(H,22,24,28)/p-1/t15-/m1/s1. The van der Waals surface area contributed by atoms with Gasteiger partial charge in [0.1, 0.15) is 0 Å². The predicted molar refractivity (Wildman–Crippen MR) is 107 cm³/mol. The first-order chi connectivity index (χ1) is 13.3. The lowest BCUT2D eigenvalue weighted by atomic mass is 10.1. The van der Waals surface area contributed by atoms with Crippen molar-refractivity contribution in [2.45, 2.75) is 13.8 Å². The van der Waals surface area contributed by atoms with E-state index in [2.05, 4.69) is 10.3 Å². The molecular weight excluding hydrogens is 378 g/mol. The number of carboxylic acids is 1. The summed E-state index contributed by atoms with van der Waals surface area (Å²) in [7, 11) is 0. The second-order valence-corrected chi connectivity index (χ2v) is 6.73. The summed E-state index contributed by atoms with van der Waals surface area (Å²) in [5, 5.41) is 13.4. The minimum atomic E-state index is -1.29. The number of nitrogens with one attached hydrogen (secondary N) is 1. The Morgan fingerprint density at radius 1 is 1.18 bits per heavy atom. The van der Waals surface area contributed by atoms with E-state index in [0.717, 1.165) is 5.56 Å². The molecule has 2 amide bonds. The molecular formula is C20H16N3O4S-. The summed E-state index contributed by atoms with van der Waals surface area (Å²) >= 11 is 5.15. The topological polar surface area (TPSA) is 102 Å². The van der Waals surface area contributed by atoms with Crippen LogP contribution >= 0.6 is 12.2 Å². The summed E-state index contributed by atoms with van der Waals surface area (Å²) in [6.45, 7) is 3.60. The number of hydrogen-bond donors (Lipinski definition) is 1. The highest BCUT2D eigenvalue weighted by atomic mass is 32.1. The van der Waals surface area contributed by atoms with Crippen molar-refractivity contribution in [2.75, 3.05) is 4.90 Å². The number of nitrogens with zero attached hydrogens (tertiary/aromatic N) is 2. The van der Waals surface area contributed by atoms with Gasteiger partial charge in [0.25, 0.3) is 5.91 Å². The highest BCUT2D eigenvalue weighted by Crippen LogP contribution is 2.23. The fourth-order valence-corrected chi connectivity index (χ4v) is 3.04. The molecule has 0 radical (unpaired) electrons. The maximum Gasteiger partial charge on any atom is 0.251 e. The molecule has 7 nitrogen and oxygen atoms in total. The molecule has 1 fully saturated rings. The summed E-state index contributed by atoms with van der Waals surface area (Å²) in [6.07, 6.45) is 1.24. The Morgan fingerprint density at radius 2 is 1.86 bits per heavy atom. The fourth-order valence-electron chi connectivity index (χ4n) is 2.74. The number of thiocarbonyl (C=S) groups is 1.